The Morgan fingerprint density at radius 2 is 2.21 bits per heavy atom. The SMILES string of the molecule is CNCc1cc(N2CCC3CCCCC32)ncc1Cl. The minimum atomic E-state index is 0.713. The normalized spacial score (nSPS) is 26.5. The lowest BCUT2D eigenvalue weighted by Crippen LogP contribution is -2.35. The summed E-state index contributed by atoms with van der Waals surface area (Å²) < 4.78 is 0. The van der Waals surface area contributed by atoms with Gasteiger partial charge in [0.05, 0.1) is 5.02 Å². The van der Waals surface area contributed by atoms with Gasteiger partial charge < -0.3 is 10.2 Å². The highest BCUT2D eigenvalue weighted by Crippen LogP contribution is 2.38. The van der Waals surface area contributed by atoms with Crippen LogP contribution < -0.4 is 10.2 Å². The van der Waals surface area contributed by atoms with Crippen LogP contribution in [0.4, 0.5) is 5.82 Å². The predicted molar refractivity (Wildman–Crippen MR) is 79.7 cm³/mol. The third kappa shape index (κ3) is 2.59. The molecule has 1 aromatic rings. The molecule has 0 bridgehead atoms. The lowest BCUT2D eigenvalue weighted by Gasteiger charge is -2.32. The van der Waals surface area contributed by atoms with Gasteiger partial charge in [0.2, 0.25) is 0 Å². The molecular formula is C15H22ClN3. The number of anilines is 1. The maximum atomic E-state index is 6.20. The summed E-state index contributed by atoms with van der Waals surface area (Å²) in [4.78, 5) is 7.07. The van der Waals surface area contributed by atoms with Crippen LogP contribution in [0.3, 0.4) is 0 Å². The van der Waals surface area contributed by atoms with Gasteiger partial charge in [0, 0.05) is 25.3 Å². The Kier molecular flexibility index (Phi) is 3.94. The van der Waals surface area contributed by atoms with Crippen LogP contribution >= 0.6 is 11.6 Å². The second-order valence-electron chi connectivity index (χ2n) is 5.76. The fourth-order valence-corrected chi connectivity index (χ4v) is 3.81. The van der Waals surface area contributed by atoms with E-state index in [0.29, 0.717) is 6.04 Å². The summed E-state index contributed by atoms with van der Waals surface area (Å²) >= 11 is 6.20. The first-order valence-corrected chi connectivity index (χ1v) is 7.73. The summed E-state index contributed by atoms with van der Waals surface area (Å²) in [5.41, 5.74) is 1.15. The van der Waals surface area contributed by atoms with Gasteiger partial charge in [-0.25, -0.2) is 4.98 Å². The van der Waals surface area contributed by atoms with Gasteiger partial charge >= 0.3 is 0 Å². The van der Waals surface area contributed by atoms with E-state index in [-0.39, 0.29) is 0 Å². The standard InChI is InChI=1S/C15H22ClN3/c1-17-9-12-8-15(18-10-13(12)16)19-7-6-11-4-2-3-5-14(11)19/h8,10-11,14,17H,2-7,9H2,1H3. The zero-order chi connectivity index (χ0) is 13.2. The molecule has 2 unspecified atom stereocenters. The summed E-state index contributed by atoms with van der Waals surface area (Å²) in [6.45, 7) is 1.96. The molecule has 1 aliphatic carbocycles. The molecule has 0 amide bonds. The van der Waals surface area contributed by atoms with Crippen molar-refractivity contribution in [2.24, 2.45) is 5.92 Å². The Labute approximate surface area is 120 Å². The van der Waals surface area contributed by atoms with Crippen molar-refractivity contribution in [2.45, 2.75) is 44.7 Å². The monoisotopic (exact) mass is 279 g/mol. The van der Waals surface area contributed by atoms with E-state index in [4.69, 9.17) is 11.6 Å². The Morgan fingerprint density at radius 3 is 3.05 bits per heavy atom. The highest BCUT2D eigenvalue weighted by Gasteiger charge is 2.36. The van der Waals surface area contributed by atoms with Gasteiger partial charge in [0.15, 0.2) is 0 Å². The maximum Gasteiger partial charge on any atom is 0.129 e. The van der Waals surface area contributed by atoms with Crippen molar-refractivity contribution in [2.75, 3.05) is 18.5 Å². The van der Waals surface area contributed by atoms with Gasteiger partial charge in [0.25, 0.3) is 0 Å². The predicted octanol–water partition coefficient (Wildman–Crippen LogP) is 3.22. The molecular weight excluding hydrogens is 258 g/mol. The quantitative estimate of drug-likeness (QED) is 0.921. The highest BCUT2D eigenvalue weighted by atomic mass is 35.5. The summed E-state index contributed by atoms with van der Waals surface area (Å²) in [6.07, 6.45) is 8.65. The fourth-order valence-electron chi connectivity index (χ4n) is 3.64. The molecule has 1 aliphatic heterocycles. The zero-order valence-corrected chi connectivity index (χ0v) is 12.3. The number of hydrogen-bond donors (Lipinski definition) is 1. The minimum Gasteiger partial charge on any atom is -0.353 e. The van der Waals surface area contributed by atoms with Crippen LogP contribution in [0.15, 0.2) is 12.3 Å². The van der Waals surface area contributed by atoms with Crippen molar-refractivity contribution in [3.63, 3.8) is 0 Å². The van der Waals surface area contributed by atoms with Crippen LogP contribution in [-0.4, -0.2) is 24.6 Å². The first-order chi connectivity index (χ1) is 9.29. The van der Waals surface area contributed by atoms with Gasteiger partial charge in [-0.15, -0.1) is 0 Å². The third-order valence-electron chi connectivity index (χ3n) is 4.59. The van der Waals surface area contributed by atoms with Crippen molar-refractivity contribution in [3.8, 4) is 0 Å². The number of hydrogen-bond acceptors (Lipinski definition) is 3. The van der Waals surface area contributed by atoms with E-state index in [1.165, 1.54) is 32.1 Å². The molecule has 2 heterocycles. The number of nitrogens with one attached hydrogen (secondary N) is 1. The van der Waals surface area contributed by atoms with E-state index >= 15 is 0 Å². The first-order valence-electron chi connectivity index (χ1n) is 7.35. The Bertz CT molecular complexity index is 449. The van der Waals surface area contributed by atoms with Crippen molar-refractivity contribution < 1.29 is 0 Å². The molecule has 3 rings (SSSR count). The molecule has 1 N–H and O–H groups in total. The number of fused-ring (bicyclic) bond motifs is 1. The van der Waals surface area contributed by atoms with Crippen molar-refractivity contribution in [3.05, 3.63) is 22.8 Å². The lowest BCUT2D eigenvalue weighted by atomic mass is 9.85. The van der Waals surface area contributed by atoms with Crippen molar-refractivity contribution >= 4 is 17.4 Å². The van der Waals surface area contributed by atoms with E-state index in [9.17, 15) is 0 Å². The molecule has 1 saturated heterocycles. The summed E-state index contributed by atoms with van der Waals surface area (Å²) in [5, 5.41) is 3.93. The van der Waals surface area contributed by atoms with E-state index in [1.807, 2.05) is 7.05 Å². The fraction of sp³-hybridized carbons (Fsp3) is 0.667. The van der Waals surface area contributed by atoms with Crippen LogP contribution in [-0.2, 0) is 6.54 Å². The topological polar surface area (TPSA) is 28.2 Å². The van der Waals surface area contributed by atoms with Crippen LogP contribution in [0.25, 0.3) is 0 Å². The van der Waals surface area contributed by atoms with Gasteiger partial charge in [-0.1, -0.05) is 24.4 Å². The molecule has 19 heavy (non-hydrogen) atoms. The van der Waals surface area contributed by atoms with Gasteiger partial charge in [-0.2, -0.15) is 0 Å². The Hall–Kier alpha value is -0.800. The second kappa shape index (κ2) is 5.68. The third-order valence-corrected chi connectivity index (χ3v) is 4.93. The van der Waals surface area contributed by atoms with E-state index < -0.39 is 0 Å². The average molecular weight is 280 g/mol. The molecule has 2 aliphatic rings. The number of pyridine rings is 1. The highest BCUT2D eigenvalue weighted by molar-refractivity contribution is 6.31. The molecule has 2 atom stereocenters. The molecule has 0 spiro atoms. The van der Waals surface area contributed by atoms with Crippen molar-refractivity contribution in [1.29, 1.82) is 0 Å². The molecule has 3 nitrogen and oxygen atoms in total. The van der Waals surface area contributed by atoms with Gasteiger partial charge in [0.1, 0.15) is 5.82 Å². The summed E-state index contributed by atoms with van der Waals surface area (Å²) in [5.74, 6) is 2.00. The minimum absolute atomic E-state index is 0.713. The maximum absolute atomic E-state index is 6.20. The van der Waals surface area contributed by atoms with E-state index in [1.54, 1.807) is 6.20 Å². The molecule has 1 saturated carbocycles. The Balaban J connectivity index is 1.83. The number of aromatic nitrogens is 1. The number of rotatable bonds is 3. The zero-order valence-electron chi connectivity index (χ0n) is 11.5. The molecule has 4 heteroatoms. The molecule has 104 valence electrons. The van der Waals surface area contributed by atoms with Crippen molar-refractivity contribution in [1.82, 2.24) is 10.3 Å². The first kappa shape index (κ1) is 13.2. The molecule has 2 fully saturated rings. The average Bonchev–Trinajstić information content (AvgIpc) is 2.85. The van der Waals surface area contributed by atoms with Gasteiger partial charge in [-0.3, -0.25) is 0 Å². The van der Waals surface area contributed by atoms with E-state index in [2.05, 4.69) is 21.3 Å². The molecule has 1 aromatic heterocycles. The summed E-state index contributed by atoms with van der Waals surface area (Å²) in [7, 11) is 1.95. The van der Waals surface area contributed by atoms with Crippen LogP contribution in [0.1, 0.15) is 37.7 Å². The van der Waals surface area contributed by atoms with Crippen LogP contribution in [0.5, 0.6) is 0 Å². The van der Waals surface area contributed by atoms with Crippen LogP contribution in [0.2, 0.25) is 5.02 Å². The number of halogens is 1. The summed E-state index contributed by atoms with van der Waals surface area (Å²) in [6, 6.07) is 2.88. The smallest absolute Gasteiger partial charge is 0.129 e. The molecule has 0 radical (unpaired) electrons. The molecule has 0 aromatic carbocycles. The van der Waals surface area contributed by atoms with E-state index in [0.717, 1.165) is 35.4 Å². The largest absolute Gasteiger partial charge is 0.353 e. The lowest BCUT2D eigenvalue weighted by molar-refractivity contribution is 0.341. The second-order valence-corrected chi connectivity index (χ2v) is 6.17. The van der Waals surface area contributed by atoms with Crippen LogP contribution in [0, 0.1) is 5.92 Å². The Morgan fingerprint density at radius 1 is 1.37 bits per heavy atom. The van der Waals surface area contributed by atoms with Gasteiger partial charge in [-0.05, 0) is 43.9 Å². The number of nitrogens with zero attached hydrogens (tertiary/aromatic N) is 2.